The second-order valence-electron chi connectivity index (χ2n) is 3.61. The number of rotatable bonds is 6. The van der Waals surface area contributed by atoms with E-state index in [9.17, 15) is 19.8 Å². The minimum Gasteiger partial charge on any atom is -0.549 e. The maximum Gasteiger partial charge on any atom is 1.00 e. The molecule has 0 saturated carbocycles. The van der Waals surface area contributed by atoms with Crippen LogP contribution in [0.3, 0.4) is 0 Å². The van der Waals surface area contributed by atoms with Crippen LogP contribution in [-0.2, 0) is 9.59 Å². The van der Waals surface area contributed by atoms with Crippen LogP contribution in [0.1, 0.15) is 16.2 Å². The van der Waals surface area contributed by atoms with Gasteiger partial charge in [0.25, 0.3) is 0 Å². The van der Waals surface area contributed by atoms with Gasteiger partial charge in [-0.15, -0.1) is 11.3 Å². The van der Waals surface area contributed by atoms with Gasteiger partial charge < -0.3 is 24.5 Å². The molecule has 1 heterocycles. The summed E-state index contributed by atoms with van der Waals surface area (Å²) in [5.41, 5.74) is 0. The zero-order valence-corrected chi connectivity index (χ0v) is 16.3. The molecular formula is C11H12Na2O5S. The van der Waals surface area contributed by atoms with Gasteiger partial charge in [-0.05, 0) is 26.3 Å². The first-order chi connectivity index (χ1) is 7.91. The molecule has 0 N–H and O–H groups in total. The third-order valence-electron chi connectivity index (χ3n) is 2.23. The second-order valence-corrected chi connectivity index (χ2v) is 5.07. The molecule has 0 bridgehead atoms. The van der Waals surface area contributed by atoms with Crippen molar-refractivity contribution in [3.05, 3.63) is 15.8 Å². The van der Waals surface area contributed by atoms with Crippen molar-refractivity contribution in [2.24, 2.45) is 5.92 Å². The number of carbonyl (C=O) groups is 2. The van der Waals surface area contributed by atoms with Crippen LogP contribution >= 0.6 is 11.3 Å². The molecule has 0 amide bonds. The summed E-state index contributed by atoms with van der Waals surface area (Å²) >= 11 is 1.56. The first-order valence-electron chi connectivity index (χ1n) is 5.03. The molecule has 1 aromatic rings. The molecule has 19 heavy (non-hydrogen) atoms. The van der Waals surface area contributed by atoms with Crippen molar-refractivity contribution in [2.75, 3.05) is 6.61 Å². The van der Waals surface area contributed by atoms with Crippen molar-refractivity contribution in [1.82, 2.24) is 0 Å². The second kappa shape index (κ2) is 10.2. The quantitative estimate of drug-likeness (QED) is 0.385. The number of carboxylic acid groups (broad SMARTS) is 2. The molecule has 1 aromatic heterocycles. The average Bonchev–Trinajstić information content (AvgIpc) is 2.51. The Bertz CT molecular complexity index is 419. The zero-order chi connectivity index (χ0) is 13.0. The minimum absolute atomic E-state index is 0. The summed E-state index contributed by atoms with van der Waals surface area (Å²) in [5.74, 6) is -4.27. The summed E-state index contributed by atoms with van der Waals surface area (Å²) in [6.07, 6.45) is -0.168. The number of ether oxygens (including phenoxy) is 1. The van der Waals surface area contributed by atoms with Crippen molar-refractivity contribution in [2.45, 2.75) is 20.3 Å². The third kappa shape index (κ3) is 7.13. The molecule has 5 nitrogen and oxygen atoms in total. The largest absolute Gasteiger partial charge is 1.00 e. The summed E-state index contributed by atoms with van der Waals surface area (Å²) in [6, 6.07) is 1.83. The molecule has 0 unspecified atom stereocenters. The molecule has 0 spiro atoms. The number of carbonyl (C=O) groups excluding carboxylic acids is 2. The van der Waals surface area contributed by atoms with Gasteiger partial charge in [0.1, 0.15) is 5.75 Å². The average molecular weight is 302 g/mol. The molecule has 0 fully saturated rings. The minimum atomic E-state index is -1.65. The van der Waals surface area contributed by atoms with Crippen molar-refractivity contribution < 1.29 is 83.7 Å². The number of thiophene rings is 1. The van der Waals surface area contributed by atoms with Crippen molar-refractivity contribution in [3.63, 3.8) is 0 Å². The predicted molar refractivity (Wildman–Crippen MR) is 57.4 cm³/mol. The van der Waals surface area contributed by atoms with E-state index in [1.165, 1.54) is 0 Å². The Balaban J connectivity index is 0. The number of hydrogen-bond donors (Lipinski definition) is 0. The van der Waals surface area contributed by atoms with Gasteiger partial charge in [-0.2, -0.15) is 0 Å². The fourth-order valence-corrected chi connectivity index (χ4v) is 2.24. The van der Waals surface area contributed by atoms with Gasteiger partial charge in [-0.3, -0.25) is 0 Å². The van der Waals surface area contributed by atoms with Crippen LogP contribution in [0.15, 0.2) is 6.07 Å². The zero-order valence-electron chi connectivity index (χ0n) is 11.5. The number of hydrogen-bond acceptors (Lipinski definition) is 6. The third-order valence-corrected chi connectivity index (χ3v) is 3.18. The van der Waals surface area contributed by atoms with Crippen LogP contribution in [0.2, 0.25) is 0 Å². The Hall–Kier alpha value is 0.440. The molecule has 0 saturated heterocycles. The molecule has 0 aromatic carbocycles. The van der Waals surface area contributed by atoms with E-state index in [0.29, 0.717) is 5.75 Å². The number of aliphatic carboxylic acids is 2. The molecule has 0 aliphatic rings. The molecule has 0 atom stereocenters. The monoisotopic (exact) mass is 302 g/mol. The molecule has 0 radical (unpaired) electrons. The fraction of sp³-hybridized carbons (Fsp3) is 0.455. The molecule has 0 aliphatic carbocycles. The molecule has 94 valence electrons. The summed E-state index contributed by atoms with van der Waals surface area (Å²) in [7, 11) is 0. The van der Waals surface area contributed by atoms with E-state index in [2.05, 4.69) is 0 Å². The fourth-order valence-electron chi connectivity index (χ4n) is 1.37. The van der Waals surface area contributed by atoms with Gasteiger partial charge in [-0.25, -0.2) is 0 Å². The van der Waals surface area contributed by atoms with Crippen LogP contribution < -0.4 is 74.1 Å². The Morgan fingerprint density at radius 1 is 1.26 bits per heavy atom. The standard InChI is InChI=1S/C11H14O5S.2Na/c1-6-5-9(7(2)17-6)16-4-3-8(10(12)13)11(14)15;;/h5,8H,3-4H2,1-2H3,(H,12,13)(H,14,15);;/q;2*+1/p-2. The topological polar surface area (TPSA) is 89.5 Å². The van der Waals surface area contributed by atoms with Gasteiger partial charge in [0.05, 0.1) is 18.5 Å². The molecule has 0 aliphatic heterocycles. The van der Waals surface area contributed by atoms with Crippen LogP contribution in [0.4, 0.5) is 0 Å². The maximum atomic E-state index is 10.5. The first kappa shape index (κ1) is 21.7. The van der Waals surface area contributed by atoms with E-state index >= 15 is 0 Å². The van der Waals surface area contributed by atoms with E-state index in [1.54, 1.807) is 11.3 Å². The van der Waals surface area contributed by atoms with E-state index in [0.717, 1.165) is 9.75 Å². The van der Waals surface area contributed by atoms with Gasteiger partial charge >= 0.3 is 59.1 Å². The Morgan fingerprint density at radius 2 is 1.79 bits per heavy atom. The number of carboxylic acids is 2. The Labute approximate surface area is 159 Å². The van der Waals surface area contributed by atoms with Gasteiger partial charge in [0.2, 0.25) is 0 Å². The van der Waals surface area contributed by atoms with Crippen molar-refractivity contribution >= 4 is 23.3 Å². The number of aryl methyl sites for hydroxylation is 2. The van der Waals surface area contributed by atoms with Crippen LogP contribution in [0, 0.1) is 19.8 Å². The van der Waals surface area contributed by atoms with Gasteiger partial charge in [0.15, 0.2) is 0 Å². The van der Waals surface area contributed by atoms with Crippen LogP contribution in [0.25, 0.3) is 0 Å². The Morgan fingerprint density at radius 3 is 2.16 bits per heavy atom. The summed E-state index contributed by atoms with van der Waals surface area (Å²) in [4.78, 5) is 23.0. The van der Waals surface area contributed by atoms with E-state index < -0.39 is 17.9 Å². The summed E-state index contributed by atoms with van der Waals surface area (Å²) in [5, 5.41) is 20.9. The maximum absolute atomic E-state index is 10.5. The summed E-state index contributed by atoms with van der Waals surface area (Å²) < 4.78 is 5.32. The van der Waals surface area contributed by atoms with Gasteiger partial charge in [0, 0.05) is 15.7 Å². The van der Waals surface area contributed by atoms with E-state index in [4.69, 9.17) is 4.74 Å². The smallest absolute Gasteiger partial charge is 0.549 e. The van der Waals surface area contributed by atoms with Crippen molar-refractivity contribution in [3.8, 4) is 5.75 Å². The summed E-state index contributed by atoms with van der Waals surface area (Å²) in [6.45, 7) is 3.81. The molecule has 1 rings (SSSR count). The van der Waals surface area contributed by atoms with Gasteiger partial charge in [-0.1, -0.05) is 0 Å². The first-order valence-corrected chi connectivity index (χ1v) is 5.85. The molecular weight excluding hydrogens is 290 g/mol. The SMILES string of the molecule is Cc1cc(OCCC(C(=O)[O-])C(=O)[O-])c(C)s1.[Na+].[Na+]. The van der Waals surface area contributed by atoms with E-state index in [1.807, 2.05) is 19.9 Å². The van der Waals surface area contributed by atoms with Crippen molar-refractivity contribution in [1.29, 1.82) is 0 Å². The van der Waals surface area contributed by atoms with Crippen LogP contribution in [-0.4, -0.2) is 18.5 Å². The van der Waals surface area contributed by atoms with E-state index in [-0.39, 0.29) is 72.1 Å². The normalized spacial score (nSPS) is 9.42. The predicted octanol–water partition coefficient (Wildman–Crippen LogP) is -6.74. The Kier molecular flexibility index (Phi) is 11.7. The molecule has 8 heteroatoms. The van der Waals surface area contributed by atoms with Crippen LogP contribution in [0.5, 0.6) is 5.75 Å².